The topological polar surface area (TPSA) is 74.6 Å². The first kappa shape index (κ1) is 20.4. The standard InChI is InChI=1S/C24H38O4/c1-14(12-20(25)22(27)28)17-9-10-18-16-8-7-15-6-4-5-11-23(15,2)19(16)13-21(26)24(17,18)3/h14-20,25H,4-13H2,1-3H3,(H,27,28)/t14-,15?,16+,17-,18+,19+,20?,23+,24-/m1/s1. The number of carbonyl (C=O) groups excluding carboxylic acids is 1. The number of hydrogen-bond acceptors (Lipinski definition) is 3. The second kappa shape index (κ2) is 7.11. The maximum absolute atomic E-state index is 13.6. The molecule has 2 unspecified atom stereocenters. The molecule has 28 heavy (non-hydrogen) atoms. The van der Waals surface area contributed by atoms with Crippen LogP contribution in [0.5, 0.6) is 0 Å². The quantitative estimate of drug-likeness (QED) is 0.730. The second-order valence-corrected chi connectivity index (χ2v) is 11.1. The Hall–Kier alpha value is -0.900. The molecule has 0 aromatic carbocycles. The highest BCUT2D eigenvalue weighted by Gasteiger charge is 2.63. The molecule has 0 saturated heterocycles. The lowest BCUT2D eigenvalue weighted by Crippen LogP contribution is -2.56. The third-order valence-corrected chi connectivity index (χ3v) is 10.1. The van der Waals surface area contributed by atoms with Gasteiger partial charge < -0.3 is 10.2 Å². The van der Waals surface area contributed by atoms with Gasteiger partial charge in [0.05, 0.1) is 0 Å². The fourth-order valence-corrected chi connectivity index (χ4v) is 8.56. The number of ketones is 1. The molecule has 4 aliphatic rings. The smallest absolute Gasteiger partial charge is 0.332 e. The van der Waals surface area contributed by atoms with Crippen LogP contribution < -0.4 is 0 Å². The molecular weight excluding hydrogens is 352 g/mol. The minimum Gasteiger partial charge on any atom is -0.479 e. The van der Waals surface area contributed by atoms with Gasteiger partial charge in [0.2, 0.25) is 0 Å². The molecule has 0 amide bonds. The van der Waals surface area contributed by atoms with Gasteiger partial charge in [-0.3, -0.25) is 4.79 Å². The largest absolute Gasteiger partial charge is 0.479 e. The fraction of sp³-hybridized carbons (Fsp3) is 0.917. The number of carbonyl (C=O) groups is 2. The summed E-state index contributed by atoms with van der Waals surface area (Å²) in [5, 5.41) is 19.0. The van der Waals surface area contributed by atoms with Gasteiger partial charge in [-0.1, -0.05) is 33.6 Å². The van der Waals surface area contributed by atoms with Crippen LogP contribution in [0.4, 0.5) is 0 Å². The van der Waals surface area contributed by atoms with Crippen LogP contribution in [-0.2, 0) is 9.59 Å². The van der Waals surface area contributed by atoms with Crippen LogP contribution in [0.15, 0.2) is 0 Å². The van der Waals surface area contributed by atoms with Gasteiger partial charge in [-0.2, -0.15) is 0 Å². The maximum Gasteiger partial charge on any atom is 0.332 e. The number of hydrogen-bond donors (Lipinski definition) is 2. The summed E-state index contributed by atoms with van der Waals surface area (Å²) in [4.78, 5) is 24.7. The van der Waals surface area contributed by atoms with Gasteiger partial charge >= 0.3 is 5.97 Å². The zero-order chi connectivity index (χ0) is 20.3. The third kappa shape index (κ3) is 2.88. The van der Waals surface area contributed by atoms with E-state index in [1.54, 1.807) is 0 Å². The SMILES string of the molecule is C[C@H](CC(O)C(=O)O)[C@H]1CC[C@H]2[C@@H]3CCC4CCCC[C@]4(C)[C@H]3CC(=O)[C@]12C. The van der Waals surface area contributed by atoms with Crippen LogP contribution in [0, 0.1) is 46.3 Å². The van der Waals surface area contributed by atoms with Crippen molar-refractivity contribution in [2.24, 2.45) is 46.3 Å². The van der Waals surface area contributed by atoms with E-state index in [9.17, 15) is 14.7 Å². The molecule has 4 aliphatic carbocycles. The van der Waals surface area contributed by atoms with Crippen LogP contribution in [-0.4, -0.2) is 28.1 Å². The second-order valence-electron chi connectivity index (χ2n) is 11.1. The number of carboxylic acid groups (broad SMARTS) is 1. The Labute approximate surface area is 169 Å². The molecule has 4 saturated carbocycles. The highest BCUT2D eigenvalue weighted by Crippen LogP contribution is 2.67. The minimum atomic E-state index is -1.32. The van der Waals surface area contributed by atoms with Crippen molar-refractivity contribution in [2.45, 2.75) is 91.1 Å². The molecular formula is C24H38O4. The number of aliphatic carboxylic acids is 1. The minimum absolute atomic E-state index is 0.0585. The summed E-state index contributed by atoms with van der Waals surface area (Å²) in [6.45, 7) is 6.72. The molecule has 0 radical (unpaired) electrons. The van der Waals surface area contributed by atoms with Crippen LogP contribution >= 0.6 is 0 Å². The van der Waals surface area contributed by atoms with E-state index >= 15 is 0 Å². The van der Waals surface area contributed by atoms with Crippen LogP contribution in [0.25, 0.3) is 0 Å². The summed E-state index contributed by atoms with van der Waals surface area (Å²) in [5.74, 6) is 2.02. The molecule has 158 valence electrons. The monoisotopic (exact) mass is 390 g/mol. The first-order valence-corrected chi connectivity index (χ1v) is 11.6. The first-order chi connectivity index (χ1) is 13.2. The van der Waals surface area contributed by atoms with Gasteiger partial charge in [0.1, 0.15) is 5.78 Å². The number of Topliss-reactive ketones (excluding diaryl/α,β-unsaturated/α-hetero) is 1. The lowest BCUT2D eigenvalue weighted by Gasteiger charge is -2.60. The molecule has 4 heteroatoms. The average molecular weight is 391 g/mol. The predicted molar refractivity (Wildman–Crippen MR) is 108 cm³/mol. The van der Waals surface area contributed by atoms with Gasteiger partial charge in [0, 0.05) is 11.8 Å². The van der Waals surface area contributed by atoms with Crippen LogP contribution in [0.1, 0.15) is 85.0 Å². The Morgan fingerprint density at radius 1 is 1.11 bits per heavy atom. The Morgan fingerprint density at radius 3 is 2.57 bits per heavy atom. The molecule has 0 spiro atoms. The predicted octanol–water partition coefficient (Wildman–Crippen LogP) is 4.69. The molecule has 0 bridgehead atoms. The summed E-state index contributed by atoms with van der Waals surface area (Å²) in [6.07, 6.45) is 9.69. The van der Waals surface area contributed by atoms with E-state index in [1.807, 2.05) is 6.92 Å². The molecule has 0 aromatic rings. The van der Waals surface area contributed by atoms with Gasteiger partial charge in [0.15, 0.2) is 6.10 Å². The van der Waals surface area contributed by atoms with Crippen molar-refractivity contribution in [3.05, 3.63) is 0 Å². The van der Waals surface area contributed by atoms with Crippen molar-refractivity contribution in [1.82, 2.24) is 0 Å². The van der Waals surface area contributed by atoms with Crippen molar-refractivity contribution in [3.8, 4) is 0 Å². The average Bonchev–Trinajstić information content (AvgIpc) is 3.01. The summed E-state index contributed by atoms with van der Waals surface area (Å²) < 4.78 is 0. The molecule has 0 aliphatic heterocycles. The number of aliphatic hydroxyl groups excluding tert-OH is 1. The molecule has 4 rings (SSSR count). The number of aliphatic hydroxyl groups is 1. The molecule has 0 aromatic heterocycles. The van der Waals surface area contributed by atoms with Gasteiger partial charge in [-0.05, 0) is 85.9 Å². The summed E-state index contributed by atoms with van der Waals surface area (Å²) in [5.41, 5.74) is 0.0258. The van der Waals surface area contributed by atoms with Crippen molar-refractivity contribution >= 4 is 11.8 Å². The molecule has 4 fully saturated rings. The van der Waals surface area contributed by atoms with Crippen molar-refractivity contribution in [2.75, 3.05) is 0 Å². The summed E-state index contributed by atoms with van der Waals surface area (Å²) >= 11 is 0. The fourth-order valence-electron chi connectivity index (χ4n) is 8.56. The first-order valence-electron chi connectivity index (χ1n) is 11.6. The van der Waals surface area contributed by atoms with Crippen LogP contribution in [0.2, 0.25) is 0 Å². The number of fused-ring (bicyclic) bond motifs is 5. The molecule has 2 N–H and O–H groups in total. The van der Waals surface area contributed by atoms with Gasteiger partial charge in [-0.25, -0.2) is 4.79 Å². The van der Waals surface area contributed by atoms with E-state index in [2.05, 4.69) is 13.8 Å². The highest BCUT2D eigenvalue weighted by atomic mass is 16.4. The number of rotatable bonds is 4. The Kier molecular flexibility index (Phi) is 5.17. The summed E-state index contributed by atoms with van der Waals surface area (Å²) in [7, 11) is 0. The van der Waals surface area contributed by atoms with Crippen molar-refractivity contribution < 1.29 is 19.8 Å². The van der Waals surface area contributed by atoms with E-state index in [4.69, 9.17) is 5.11 Å². The molecule has 4 nitrogen and oxygen atoms in total. The number of carboxylic acids is 1. The molecule has 0 heterocycles. The Morgan fingerprint density at radius 2 is 1.86 bits per heavy atom. The Bertz CT molecular complexity index is 645. The van der Waals surface area contributed by atoms with Crippen LogP contribution in [0.3, 0.4) is 0 Å². The molecule has 9 atom stereocenters. The zero-order valence-corrected chi connectivity index (χ0v) is 17.8. The van der Waals surface area contributed by atoms with Crippen molar-refractivity contribution in [1.29, 1.82) is 0 Å². The lowest BCUT2D eigenvalue weighted by atomic mass is 9.44. The third-order valence-electron chi connectivity index (χ3n) is 10.1. The Balaban J connectivity index is 1.58. The van der Waals surface area contributed by atoms with E-state index in [0.29, 0.717) is 29.0 Å². The van der Waals surface area contributed by atoms with E-state index in [1.165, 1.54) is 38.5 Å². The maximum atomic E-state index is 13.6. The van der Waals surface area contributed by atoms with E-state index in [0.717, 1.165) is 25.2 Å². The summed E-state index contributed by atoms with van der Waals surface area (Å²) in [6, 6.07) is 0. The normalized spacial score (nSPS) is 47.6. The van der Waals surface area contributed by atoms with E-state index < -0.39 is 12.1 Å². The van der Waals surface area contributed by atoms with E-state index in [-0.39, 0.29) is 23.7 Å². The zero-order valence-electron chi connectivity index (χ0n) is 17.8. The van der Waals surface area contributed by atoms with Crippen molar-refractivity contribution in [3.63, 3.8) is 0 Å². The van der Waals surface area contributed by atoms with Gasteiger partial charge in [0.25, 0.3) is 0 Å². The lowest BCUT2D eigenvalue weighted by molar-refractivity contribution is -0.158. The highest BCUT2D eigenvalue weighted by molar-refractivity contribution is 5.87. The van der Waals surface area contributed by atoms with Gasteiger partial charge in [-0.15, -0.1) is 0 Å².